The van der Waals surface area contributed by atoms with E-state index < -0.39 is 0 Å². The molecule has 0 atom stereocenters. The van der Waals surface area contributed by atoms with E-state index in [0.29, 0.717) is 0 Å². The van der Waals surface area contributed by atoms with E-state index in [1.165, 1.54) is 29.5 Å². The summed E-state index contributed by atoms with van der Waals surface area (Å²) in [5.74, 6) is 0. The van der Waals surface area contributed by atoms with Crippen LogP contribution < -0.4 is 5.32 Å². The molecular weight excluding hydrogens is 242 g/mol. The van der Waals surface area contributed by atoms with E-state index in [1.54, 1.807) is 0 Å². The highest BCUT2D eigenvalue weighted by Crippen LogP contribution is 2.34. The van der Waals surface area contributed by atoms with Crippen molar-refractivity contribution in [3.8, 4) is 0 Å². The van der Waals surface area contributed by atoms with Gasteiger partial charge in [-0.3, -0.25) is 0 Å². The molecule has 2 heteroatoms. The molecule has 2 rings (SSSR count). The summed E-state index contributed by atoms with van der Waals surface area (Å²) in [5.41, 5.74) is 4.02. The van der Waals surface area contributed by atoms with Gasteiger partial charge in [0.05, 0.1) is 0 Å². The Balaban J connectivity index is 2.09. The van der Waals surface area contributed by atoms with Crippen LogP contribution in [0.1, 0.15) is 49.8 Å². The number of nitrogens with one attached hydrogen (secondary N) is 1. The molecule has 0 spiro atoms. The molecule has 1 fully saturated rings. The largest absolute Gasteiger partial charge is 0.314 e. The summed E-state index contributed by atoms with van der Waals surface area (Å²) in [5, 5.41) is 4.50. The molecule has 1 aromatic rings. The predicted octanol–water partition coefficient (Wildman–Crippen LogP) is 4.38. The van der Waals surface area contributed by atoms with Crippen LogP contribution in [0.2, 0.25) is 5.02 Å². The number of benzene rings is 1. The first-order valence-electron chi connectivity index (χ1n) is 6.91. The van der Waals surface area contributed by atoms with E-state index in [9.17, 15) is 0 Å². The maximum Gasteiger partial charge on any atom is 0.0446 e. The molecule has 1 nitrogen and oxygen atoms in total. The Kier molecular flexibility index (Phi) is 4.03. The van der Waals surface area contributed by atoms with E-state index in [1.807, 2.05) is 0 Å². The van der Waals surface area contributed by atoms with E-state index in [-0.39, 0.29) is 5.41 Å². The van der Waals surface area contributed by atoms with Crippen LogP contribution in [0, 0.1) is 13.8 Å². The zero-order chi connectivity index (χ0) is 13.3. The van der Waals surface area contributed by atoms with Crippen LogP contribution >= 0.6 is 11.6 Å². The van der Waals surface area contributed by atoms with Gasteiger partial charge in [-0.15, -0.1) is 0 Å². The van der Waals surface area contributed by atoms with Crippen molar-refractivity contribution in [2.45, 2.75) is 58.4 Å². The summed E-state index contributed by atoms with van der Waals surface area (Å²) in [4.78, 5) is 0. The molecule has 0 bridgehead atoms. The molecule has 1 aliphatic rings. The van der Waals surface area contributed by atoms with Gasteiger partial charge in [-0.2, -0.15) is 0 Å². The molecule has 0 unspecified atom stereocenters. The summed E-state index contributed by atoms with van der Waals surface area (Å²) in [7, 11) is 0. The fourth-order valence-corrected chi connectivity index (χ4v) is 2.78. The highest BCUT2D eigenvalue weighted by Gasteiger charge is 2.25. The molecule has 1 saturated carbocycles. The van der Waals surface area contributed by atoms with Gasteiger partial charge in [0.15, 0.2) is 0 Å². The van der Waals surface area contributed by atoms with Crippen LogP contribution in [0.3, 0.4) is 0 Å². The van der Waals surface area contributed by atoms with Gasteiger partial charge >= 0.3 is 0 Å². The smallest absolute Gasteiger partial charge is 0.0446 e. The van der Waals surface area contributed by atoms with Crippen LogP contribution in [-0.4, -0.2) is 12.6 Å². The van der Waals surface area contributed by atoms with Crippen molar-refractivity contribution in [3.05, 3.63) is 33.8 Å². The lowest BCUT2D eigenvalue weighted by Gasteiger charge is -2.27. The van der Waals surface area contributed by atoms with Gasteiger partial charge in [0.2, 0.25) is 0 Å². The average molecular weight is 266 g/mol. The monoisotopic (exact) mass is 265 g/mol. The van der Waals surface area contributed by atoms with Crippen molar-refractivity contribution in [1.82, 2.24) is 5.32 Å². The minimum Gasteiger partial charge on any atom is -0.314 e. The molecule has 0 heterocycles. The van der Waals surface area contributed by atoms with Crippen LogP contribution in [0.4, 0.5) is 0 Å². The van der Waals surface area contributed by atoms with Gasteiger partial charge in [0.25, 0.3) is 0 Å². The molecule has 1 N–H and O–H groups in total. The third-order valence-electron chi connectivity index (χ3n) is 4.07. The molecule has 0 saturated heterocycles. The van der Waals surface area contributed by atoms with E-state index in [0.717, 1.165) is 24.0 Å². The van der Waals surface area contributed by atoms with Gasteiger partial charge in [-0.05, 0) is 67.8 Å². The zero-order valence-corrected chi connectivity index (χ0v) is 12.7. The normalized spacial score (nSPS) is 16.1. The first kappa shape index (κ1) is 13.9. The van der Waals surface area contributed by atoms with E-state index in [4.69, 9.17) is 11.6 Å². The molecule has 18 heavy (non-hydrogen) atoms. The Morgan fingerprint density at radius 2 is 1.83 bits per heavy atom. The average Bonchev–Trinajstić information content (AvgIpc) is 3.07. The quantitative estimate of drug-likeness (QED) is 0.833. The molecular formula is C16H24ClN. The Bertz CT molecular complexity index is 433. The number of halogens is 1. The van der Waals surface area contributed by atoms with E-state index in [2.05, 4.69) is 45.1 Å². The second-order valence-corrected chi connectivity index (χ2v) is 6.69. The number of hydrogen-bond acceptors (Lipinski definition) is 1. The summed E-state index contributed by atoms with van der Waals surface area (Å²) in [6, 6.07) is 5.15. The highest BCUT2D eigenvalue weighted by molar-refractivity contribution is 6.31. The number of rotatable bonds is 5. The Labute approximate surface area is 116 Å². The first-order chi connectivity index (χ1) is 8.40. The molecule has 100 valence electrons. The van der Waals surface area contributed by atoms with Crippen molar-refractivity contribution >= 4 is 11.6 Å². The summed E-state index contributed by atoms with van der Waals surface area (Å²) in [6.45, 7) is 9.94. The lowest BCUT2D eigenvalue weighted by Crippen LogP contribution is -2.27. The number of aryl methyl sites for hydroxylation is 2. The van der Waals surface area contributed by atoms with Gasteiger partial charge in [0.1, 0.15) is 0 Å². The van der Waals surface area contributed by atoms with Crippen LogP contribution in [0.15, 0.2) is 12.1 Å². The molecule has 0 aliphatic heterocycles. The topological polar surface area (TPSA) is 12.0 Å². The van der Waals surface area contributed by atoms with Gasteiger partial charge in [0, 0.05) is 11.1 Å². The highest BCUT2D eigenvalue weighted by atomic mass is 35.5. The number of hydrogen-bond donors (Lipinski definition) is 1. The minimum atomic E-state index is 0.136. The van der Waals surface area contributed by atoms with Crippen molar-refractivity contribution < 1.29 is 0 Å². The molecule has 0 aromatic heterocycles. The lowest BCUT2D eigenvalue weighted by molar-refractivity contribution is 0.456. The lowest BCUT2D eigenvalue weighted by atomic mass is 9.80. The maximum atomic E-state index is 6.42. The summed E-state index contributed by atoms with van der Waals surface area (Å²) >= 11 is 6.42. The Morgan fingerprint density at radius 3 is 2.44 bits per heavy atom. The standard InChI is InChI=1S/C16H24ClN/c1-11-9-14(15(17)10-12(11)2)16(3,4)7-8-18-13-5-6-13/h9-10,13,18H,5-8H2,1-4H3. The first-order valence-corrected chi connectivity index (χ1v) is 7.28. The second kappa shape index (κ2) is 5.22. The van der Waals surface area contributed by atoms with Crippen molar-refractivity contribution in [3.63, 3.8) is 0 Å². The predicted molar refractivity (Wildman–Crippen MR) is 79.6 cm³/mol. The zero-order valence-electron chi connectivity index (χ0n) is 11.9. The molecule has 0 amide bonds. The fourth-order valence-electron chi connectivity index (χ4n) is 2.31. The van der Waals surface area contributed by atoms with Gasteiger partial charge in [-0.1, -0.05) is 31.5 Å². The third kappa shape index (κ3) is 3.27. The maximum absolute atomic E-state index is 6.42. The minimum absolute atomic E-state index is 0.136. The summed E-state index contributed by atoms with van der Waals surface area (Å²) in [6.07, 6.45) is 3.83. The second-order valence-electron chi connectivity index (χ2n) is 6.28. The molecule has 0 radical (unpaired) electrons. The van der Waals surface area contributed by atoms with E-state index >= 15 is 0 Å². The Hall–Kier alpha value is -0.530. The van der Waals surface area contributed by atoms with Gasteiger partial charge in [-0.25, -0.2) is 0 Å². The Morgan fingerprint density at radius 1 is 1.22 bits per heavy atom. The molecule has 1 aliphatic carbocycles. The van der Waals surface area contributed by atoms with Crippen LogP contribution in [-0.2, 0) is 5.41 Å². The van der Waals surface area contributed by atoms with Gasteiger partial charge < -0.3 is 5.32 Å². The van der Waals surface area contributed by atoms with Crippen molar-refractivity contribution in [2.24, 2.45) is 0 Å². The van der Waals surface area contributed by atoms with Crippen molar-refractivity contribution in [1.29, 1.82) is 0 Å². The van der Waals surface area contributed by atoms with Crippen LogP contribution in [0.5, 0.6) is 0 Å². The van der Waals surface area contributed by atoms with Crippen molar-refractivity contribution in [2.75, 3.05) is 6.54 Å². The third-order valence-corrected chi connectivity index (χ3v) is 4.39. The summed E-state index contributed by atoms with van der Waals surface area (Å²) < 4.78 is 0. The fraction of sp³-hybridized carbons (Fsp3) is 0.625. The SMILES string of the molecule is Cc1cc(Cl)c(C(C)(C)CCNC2CC2)cc1C. The van der Waals surface area contributed by atoms with Crippen LogP contribution in [0.25, 0.3) is 0 Å². The molecule has 1 aromatic carbocycles.